The second kappa shape index (κ2) is 3.00. The lowest BCUT2D eigenvalue weighted by Crippen LogP contribution is -2.40. The van der Waals surface area contributed by atoms with Gasteiger partial charge in [-0.1, -0.05) is 12.8 Å². The van der Waals surface area contributed by atoms with Crippen LogP contribution in [0.15, 0.2) is 0 Å². The Bertz CT molecular complexity index is 171. The Morgan fingerprint density at radius 1 is 1.50 bits per heavy atom. The van der Waals surface area contributed by atoms with Crippen LogP contribution in [0.5, 0.6) is 0 Å². The van der Waals surface area contributed by atoms with E-state index in [0.29, 0.717) is 17.6 Å². The van der Waals surface area contributed by atoms with Crippen LogP contribution in [0.2, 0.25) is 0 Å². The molecular weight excluding hydrogens is 150 g/mol. The lowest BCUT2D eigenvalue weighted by Gasteiger charge is -2.36. The molecule has 2 nitrogen and oxygen atoms in total. The number of hydrogen-bond acceptors (Lipinski definition) is 2. The molecule has 2 heteroatoms. The van der Waals surface area contributed by atoms with Crippen molar-refractivity contribution in [3.63, 3.8) is 0 Å². The number of ether oxygens (including phenoxy) is 1. The molecule has 1 aliphatic heterocycles. The molecule has 2 aliphatic rings. The normalized spacial score (nSPS) is 47.5. The van der Waals surface area contributed by atoms with Crippen LogP contribution >= 0.6 is 0 Å². The van der Waals surface area contributed by atoms with Gasteiger partial charge in [0.1, 0.15) is 0 Å². The van der Waals surface area contributed by atoms with Gasteiger partial charge in [-0.25, -0.2) is 0 Å². The second-order valence-corrected chi connectivity index (χ2v) is 4.45. The van der Waals surface area contributed by atoms with E-state index in [0.717, 1.165) is 6.54 Å². The number of fused-ring (bicyclic) bond motifs is 1. The maximum absolute atomic E-state index is 5.88. The summed E-state index contributed by atoms with van der Waals surface area (Å²) in [6.45, 7) is 3.00. The molecule has 0 bridgehead atoms. The fourth-order valence-corrected chi connectivity index (χ4v) is 2.94. The first-order chi connectivity index (χ1) is 5.77. The van der Waals surface area contributed by atoms with Crippen molar-refractivity contribution >= 4 is 0 Å². The highest BCUT2D eigenvalue weighted by Gasteiger charge is 2.46. The van der Waals surface area contributed by atoms with Crippen molar-refractivity contribution in [3.05, 3.63) is 0 Å². The Labute approximate surface area is 74.5 Å². The van der Waals surface area contributed by atoms with Crippen molar-refractivity contribution in [2.24, 2.45) is 11.1 Å². The van der Waals surface area contributed by atoms with Gasteiger partial charge in [-0.15, -0.1) is 0 Å². The third-order valence-corrected chi connectivity index (χ3v) is 3.57. The number of hydrogen-bond donors (Lipinski definition) is 1. The molecule has 70 valence electrons. The number of rotatable bonds is 1. The van der Waals surface area contributed by atoms with Crippen LogP contribution in [0.1, 0.15) is 39.0 Å². The molecule has 0 aromatic rings. The van der Waals surface area contributed by atoms with E-state index in [1.165, 1.54) is 32.1 Å². The first kappa shape index (κ1) is 8.52. The Kier molecular flexibility index (Phi) is 2.13. The molecule has 2 rings (SSSR count). The van der Waals surface area contributed by atoms with Crippen LogP contribution in [0, 0.1) is 5.41 Å². The van der Waals surface area contributed by atoms with Crippen LogP contribution in [0.4, 0.5) is 0 Å². The van der Waals surface area contributed by atoms with Gasteiger partial charge in [0.2, 0.25) is 0 Å². The van der Waals surface area contributed by atoms with Gasteiger partial charge in [0.25, 0.3) is 0 Å². The predicted octanol–water partition coefficient (Wildman–Crippen LogP) is 1.68. The summed E-state index contributed by atoms with van der Waals surface area (Å²) in [5, 5.41) is 0. The summed E-state index contributed by atoms with van der Waals surface area (Å²) < 4.78 is 5.88. The zero-order chi connectivity index (χ0) is 8.60. The number of nitrogens with two attached hydrogens (primary N) is 1. The van der Waals surface area contributed by atoms with E-state index in [1.54, 1.807) is 0 Å². The molecular formula is C10H19NO. The van der Waals surface area contributed by atoms with Gasteiger partial charge in [-0.3, -0.25) is 0 Å². The second-order valence-electron chi connectivity index (χ2n) is 4.45. The SMILES string of the molecule is C[C@@H]1C[C@]2(CN)CCCC[C@@H]2O1. The molecule has 0 unspecified atom stereocenters. The highest BCUT2D eigenvalue weighted by atomic mass is 16.5. The molecule has 0 amide bonds. The summed E-state index contributed by atoms with van der Waals surface area (Å²) in [5.74, 6) is 0. The van der Waals surface area contributed by atoms with E-state index in [1.807, 2.05) is 0 Å². The first-order valence-electron chi connectivity index (χ1n) is 5.12. The molecule has 1 saturated carbocycles. The van der Waals surface area contributed by atoms with Gasteiger partial charge in [-0.2, -0.15) is 0 Å². The molecule has 1 heterocycles. The van der Waals surface area contributed by atoms with E-state index in [-0.39, 0.29) is 0 Å². The molecule has 2 fully saturated rings. The molecule has 2 N–H and O–H groups in total. The topological polar surface area (TPSA) is 35.2 Å². The lowest BCUT2D eigenvalue weighted by atomic mass is 9.71. The van der Waals surface area contributed by atoms with Crippen molar-refractivity contribution in [2.45, 2.75) is 51.2 Å². The fraction of sp³-hybridized carbons (Fsp3) is 1.00. The summed E-state index contributed by atoms with van der Waals surface area (Å²) in [5.41, 5.74) is 6.22. The van der Waals surface area contributed by atoms with E-state index >= 15 is 0 Å². The zero-order valence-electron chi connectivity index (χ0n) is 7.88. The average molecular weight is 169 g/mol. The van der Waals surface area contributed by atoms with Gasteiger partial charge >= 0.3 is 0 Å². The molecule has 0 aromatic heterocycles. The highest BCUT2D eigenvalue weighted by molar-refractivity contribution is 4.97. The van der Waals surface area contributed by atoms with Gasteiger partial charge in [0.05, 0.1) is 12.2 Å². The summed E-state index contributed by atoms with van der Waals surface area (Å²) >= 11 is 0. The van der Waals surface area contributed by atoms with Crippen molar-refractivity contribution in [2.75, 3.05) is 6.54 Å². The first-order valence-corrected chi connectivity index (χ1v) is 5.12. The van der Waals surface area contributed by atoms with Crippen molar-refractivity contribution in [1.82, 2.24) is 0 Å². The van der Waals surface area contributed by atoms with Crippen LogP contribution in [-0.4, -0.2) is 18.8 Å². The maximum atomic E-state index is 5.88. The Morgan fingerprint density at radius 2 is 2.33 bits per heavy atom. The summed E-state index contributed by atoms with van der Waals surface area (Å²) in [6.07, 6.45) is 7.32. The third-order valence-electron chi connectivity index (χ3n) is 3.57. The summed E-state index contributed by atoms with van der Waals surface area (Å²) in [4.78, 5) is 0. The highest BCUT2D eigenvalue weighted by Crippen LogP contribution is 2.46. The quantitative estimate of drug-likeness (QED) is 0.648. The third kappa shape index (κ3) is 1.17. The lowest BCUT2D eigenvalue weighted by molar-refractivity contribution is -0.00327. The van der Waals surface area contributed by atoms with Gasteiger partial charge in [-0.05, 0) is 26.2 Å². The minimum atomic E-state index is 0.359. The summed E-state index contributed by atoms with van der Waals surface area (Å²) in [6, 6.07) is 0. The van der Waals surface area contributed by atoms with E-state index in [2.05, 4.69) is 6.92 Å². The maximum Gasteiger partial charge on any atom is 0.0647 e. The molecule has 0 radical (unpaired) electrons. The minimum Gasteiger partial charge on any atom is -0.375 e. The smallest absolute Gasteiger partial charge is 0.0647 e. The minimum absolute atomic E-state index is 0.359. The van der Waals surface area contributed by atoms with Gasteiger partial charge in [0.15, 0.2) is 0 Å². The van der Waals surface area contributed by atoms with Crippen LogP contribution in [0.3, 0.4) is 0 Å². The molecule has 1 aliphatic carbocycles. The summed E-state index contributed by atoms with van der Waals surface area (Å²) in [7, 11) is 0. The van der Waals surface area contributed by atoms with Crippen molar-refractivity contribution in [1.29, 1.82) is 0 Å². The molecule has 0 aromatic carbocycles. The Balaban J connectivity index is 2.14. The van der Waals surface area contributed by atoms with Gasteiger partial charge < -0.3 is 10.5 Å². The van der Waals surface area contributed by atoms with Crippen LogP contribution in [-0.2, 0) is 4.74 Å². The van der Waals surface area contributed by atoms with E-state index in [9.17, 15) is 0 Å². The van der Waals surface area contributed by atoms with Crippen LogP contribution < -0.4 is 5.73 Å². The molecule has 3 atom stereocenters. The van der Waals surface area contributed by atoms with Gasteiger partial charge in [0, 0.05) is 12.0 Å². The van der Waals surface area contributed by atoms with Crippen molar-refractivity contribution < 1.29 is 4.74 Å². The fourth-order valence-electron chi connectivity index (χ4n) is 2.94. The monoisotopic (exact) mass is 169 g/mol. The largest absolute Gasteiger partial charge is 0.375 e. The predicted molar refractivity (Wildman–Crippen MR) is 48.9 cm³/mol. The Morgan fingerprint density at radius 3 is 3.00 bits per heavy atom. The van der Waals surface area contributed by atoms with E-state index < -0.39 is 0 Å². The molecule has 1 saturated heterocycles. The molecule has 12 heavy (non-hydrogen) atoms. The average Bonchev–Trinajstić information content (AvgIpc) is 2.41. The Hall–Kier alpha value is -0.0800. The van der Waals surface area contributed by atoms with Crippen molar-refractivity contribution in [3.8, 4) is 0 Å². The molecule has 0 spiro atoms. The zero-order valence-corrected chi connectivity index (χ0v) is 7.88. The standard InChI is InChI=1S/C10H19NO/c1-8-6-10(7-11)5-3-2-4-9(10)12-8/h8-9H,2-7,11H2,1H3/t8-,9+,10+/m1/s1. The van der Waals surface area contributed by atoms with E-state index in [4.69, 9.17) is 10.5 Å². The van der Waals surface area contributed by atoms with Crippen LogP contribution in [0.25, 0.3) is 0 Å².